The molecular formula is C36H49ClFN3O3. The molecule has 4 rings (SSSR count). The van der Waals surface area contributed by atoms with Crippen LogP contribution in [0.2, 0.25) is 5.02 Å². The van der Waals surface area contributed by atoms with Gasteiger partial charge in [0.05, 0.1) is 29.9 Å². The van der Waals surface area contributed by atoms with Crippen molar-refractivity contribution in [3.63, 3.8) is 0 Å². The Bertz CT molecular complexity index is 1390. The van der Waals surface area contributed by atoms with Crippen LogP contribution in [0.25, 0.3) is 5.57 Å². The number of benzene rings is 1. The summed E-state index contributed by atoms with van der Waals surface area (Å²) in [5.74, 6) is 1.75. The van der Waals surface area contributed by atoms with Gasteiger partial charge >= 0.3 is 0 Å². The lowest BCUT2D eigenvalue weighted by Gasteiger charge is -2.25. The number of aryl methyl sites for hydroxylation is 2. The van der Waals surface area contributed by atoms with Crippen LogP contribution in [-0.2, 0) is 15.9 Å². The van der Waals surface area contributed by atoms with Gasteiger partial charge < -0.3 is 19.9 Å². The molecule has 2 aromatic rings. The van der Waals surface area contributed by atoms with Crippen LogP contribution >= 0.6 is 11.6 Å². The molecule has 1 aliphatic heterocycles. The fourth-order valence-electron chi connectivity index (χ4n) is 6.10. The minimum absolute atomic E-state index is 0.0201. The van der Waals surface area contributed by atoms with Crippen molar-refractivity contribution in [2.24, 2.45) is 16.8 Å². The lowest BCUT2D eigenvalue weighted by atomic mass is 9.91. The zero-order valence-corrected chi connectivity index (χ0v) is 28.0. The van der Waals surface area contributed by atoms with Crippen LogP contribution in [0.5, 0.6) is 0 Å². The molecule has 0 amide bonds. The highest BCUT2D eigenvalue weighted by atomic mass is 35.5. The number of halogens is 2. The summed E-state index contributed by atoms with van der Waals surface area (Å²) in [6.07, 6.45) is 9.89. The number of rotatable bonds is 12. The van der Waals surface area contributed by atoms with Crippen LogP contribution in [-0.4, -0.2) is 40.9 Å². The van der Waals surface area contributed by atoms with E-state index >= 15 is 4.39 Å². The van der Waals surface area contributed by atoms with Crippen LogP contribution in [0.15, 0.2) is 41.4 Å². The predicted octanol–water partition coefficient (Wildman–Crippen LogP) is 9.31. The molecule has 1 aromatic carbocycles. The van der Waals surface area contributed by atoms with E-state index in [-0.39, 0.29) is 30.0 Å². The number of nitrogens with one attached hydrogen (secondary N) is 1. The molecule has 6 atom stereocenters. The summed E-state index contributed by atoms with van der Waals surface area (Å²) in [4.78, 5) is 9.56. The molecule has 0 saturated carbocycles. The monoisotopic (exact) mass is 625 g/mol. The second-order valence-corrected chi connectivity index (χ2v) is 12.7. The molecule has 6 nitrogen and oxygen atoms in total. The molecule has 4 unspecified atom stereocenters. The molecule has 8 heteroatoms. The highest BCUT2D eigenvalue weighted by Gasteiger charge is 2.40. The van der Waals surface area contributed by atoms with E-state index < -0.39 is 6.10 Å². The summed E-state index contributed by atoms with van der Waals surface area (Å²) < 4.78 is 27.9. The zero-order chi connectivity index (χ0) is 32.0. The Morgan fingerprint density at radius 2 is 2.07 bits per heavy atom. The Morgan fingerprint density at radius 1 is 1.30 bits per heavy atom. The van der Waals surface area contributed by atoms with Crippen LogP contribution in [0.4, 0.5) is 16.0 Å². The average molecular weight is 626 g/mol. The highest BCUT2D eigenvalue weighted by molar-refractivity contribution is 6.33. The Kier molecular flexibility index (Phi) is 12.0. The van der Waals surface area contributed by atoms with Crippen LogP contribution < -0.4 is 5.32 Å². The number of aliphatic hydroxyl groups excluding tert-OH is 1. The second-order valence-electron chi connectivity index (χ2n) is 12.3. The van der Waals surface area contributed by atoms with E-state index in [1.54, 1.807) is 6.07 Å². The number of ether oxygens (including phenoxy) is 2. The van der Waals surface area contributed by atoms with Crippen LogP contribution in [0.3, 0.4) is 0 Å². The van der Waals surface area contributed by atoms with Crippen molar-refractivity contribution in [3.8, 4) is 0 Å². The van der Waals surface area contributed by atoms with Crippen molar-refractivity contribution in [2.45, 2.75) is 111 Å². The summed E-state index contributed by atoms with van der Waals surface area (Å²) in [5, 5.41) is 14.6. The first-order valence-electron chi connectivity index (χ1n) is 16.2. The van der Waals surface area contributed by atoms with Gasteiger partial charge in [-0.2, -0.15) is 4.99 Å². The number of hydrogen-bond donors (Lipinski definition) is 2. The molecule has 2 N–H and O–H groups in total. The minimum Gasteiger partial charge on any atom is -0.475 e. The summed E-state index contributed by atoms with van der Waals surface area (Å²) >= 11 is 6.65. The zero-order valence-electron chi connectivity index (χ0n) is 27.3. The summed E-state index contributed by atoms with van der Waals surface area (Å²) in [5.41, 5.74) is 4.40. The Balaban J connectivity index is 1.51. The second kappa shape index (κ2) is 15.5. The molecule has 1 fully saturated rings. The highest BCUT2D eigenvalue weighted by Crippen LogP contribution is 2.39. The molecule has 44 heavy (non-hydrogen) atoms. The Morgan fingerprint density at radius 3 is 2.75 bits per heavy atom. The number of pyridine rings is 1. The number of anilines is 1. The first kappa shape index (κ1) is 34.1. The van der Waals surface area contributed by atoms with Crippen LogP contribution in [0, 0.1) is 24.6 Å². The SMILES string of the molecule is C/C=C(\C=C/CC)c1cc(F)c2c(c1)CCC2Nc1nc(N=C(CC)OC2CO[C@H](C(O)CC(C)CC)[C@@H]2C)c(C)cc1Cl. The Labute approximate surface area is 267 Å². The van der Waals surface area contributed by atoms with Gasteiger partial charge in [-0.25, -0.2) is 9.37 Å². The lowest BCUT2D eigenvalue weighted by Crippen LogP contribution is -2.35. The van der Waals surface area contributed by atoms with Gasteiger partial charge in [-0.1, -0.05) is 76.9 Å². The number of aromatic nitrogens is 1. The fourth-order valence-corrected chi connectivity index (χ4v) is 6.36. The summed E-state index contributed by atoms with van der Waals surface area (Å²) in [6.45, 7) is 14.7. The van der Waals surface area contributed by atoms with Crippen molar-refractivity contribution in [3.05, 3.63) is 69.5 Å². The predicted molar refractivity (Wildman–Crippen MR) is 179 cm³/mol. The molecule has 1 aliphatic carbocycles. The molecule has 2 heterocycles. The largest absolute Gasteiger partial charge is 0.475 e. The molecule has 1 saturated heterocycles. The maximum Gasteiger partial charge on any atom is 0.190 e. The van der Waals surface area contributed by atoms with Gasteiger partial charge in [0.2, 0.25) is 0 Å². The molecule has 0 bridgehead atoms. The van der Waals surface area contributed by atoms with E-state index in [4.69, 9.17) is 31.1 Å². The van der Waals surface area contributed by atoms with E-state index in [0.717, 1.165) is 47.9 Å². The van der Waals surface area contributed by atoms with Crippen LogP contribution in [0.1, 0.15) is 102 Å². The van der Waals surface area contributed by atoms with Gasteiger partial charge in [0, 0.05) is 17.9 Å². The van der Waals surface area contributed by atoms with Gasteiger partial charge in [0.1, 0.15) is 17.7 Å². The third-order valence-corrected chi connectivity index (χ3v) is 9.28. The summed E-state index contributed by atoms with van der Waals surface area (Å²) in [7, 11) is 0. The molecule has 2 aliphatic rings. The molecular weight excluding hydrogens is 577 g/mol. The summed E-state index contributed by atoms with van der Waals surface area (Å²) in [6, 6.07) is 5.31. The van der Waals surface area contributed by atoms with Gasteiger partial charge in [0.25, 0.3) is 0 Å². The normalized spacial score (nSPS) is 23.7. The lowest BCUT2D eigenvalue weighted by molar-refractivity contribution is -0.0264. The van der Waals surface area contributed by atoms with E-state index in [0.29, 0.717) is 53.5 Å². The maximum atomic E-state index is 15.6. The third-order valence-electron chi connectivity index (χ3n) is 8.99. The van der Waals surface area contributed by atoms with Gasteiger partial charge in [-0.05, 0) is 79.8 Å². The van der Waals surface area contributed by atoms with Crippen molar-refractivity contribution in [2.75, 3.05) is 11.9 Å². The smallest absolute Gasteiger partial charge is 0.190 e. The fraction of sp³-hybridized carbons (Fsp3) is 0.556. The third kappa shape index (κ3) is 7.91. The Hall–Kier alpha value is -2.74. The number of hydrogen-bond acceptors (Lipinski definition) is 6. The standard InChI is InChI=1S/C36H49ClFN3O3/c1-8-12-13-24(10-3)26-18-25-14-15-29(33(25)28(38)19-26)39-36-27(37)17-22(6)35(41-36)40-32(11-4)44-31-20-43-34(23(31)7)30(42)16-21(5)9-2/h10,12-13,17-19,21,23,29-31,34,42H,8-9,11,14-16,20H2,1-7H3,(H,39,41)/b13-12-,24-10+,40-32?/t21?,23-,29?,30?,31?,34+/m1/s1. The van der Waals surface area contributed by atoms with Crippen molar-refractivity contribution in [1.29, 1.82) is 0 Å². The number of aliphatic hydroxyl groups is 1. The van der Waals surface area contributed by atoms with Crippen molar-refractivity contribution >= 4 is 34.7 Å². The van der Waals surface area contributed by atoms with E-state index in [1.807, 2.05) is 39.0 Å². The van der Waals surface area contributed by atoms with E-state index in [1.165, 1.54) is 0 Å². The van der Waals surface area contributed by atoms with Crippen molar-refractivity contribution in [1.82, 2.24) is 4.98 Å². The number of fused-ring (bicyclic) bond motifs is 1. The quantitative estimate of drug-likeness (QED) is 0.140. The first-order chi connectivity index (χ1) is 21.1. The first-order valence-corrected chi connectivity index (χ1v) is 16.6. The van der Waals surface area contributed by atoms with Crippen molar-refractivity contribution < 1.29 is 19.0 Å². The average Bonchev–Trinajstić information content (AvgIpc) is 3.58. The molecule has 1 aromatic heterocycles. The van der Waals surface area contributed by atoms with Gasteiger partial charge in [0.15, 0.2) is 11.7 Å². The number of allylic oxidation sites excluding steroid dienone is 4. The number of aliphatic imine (C=N–C) groups is 1. The van der Waals surface area contributed by atoms with Gasteiger partial charge in [-0.3, -0.25) is 0 Å². The maximum absolute atomic E-state index is 15.6. The minimum atomic E-state index is -0.524. The molecule has 0 radical (unpaired) electrons. The van der Waals surface area contributed by atoms with E-state index in [2.05, 4.69) is 45.2 Å². The molecule has 240 valence electrons. The van der Waals surface area contributed by atoms with Gasteiger partial charge in [-0.15, -0.1) is 0 Å². The van der Waals surface area contributed by atoms with E-state index in [9.17, 15) is 5.11 Å². The molecule has 0 spiro atoms. The topological polar surface area (TPSA) is 76.0 Å². The number of nitrogens with zero attached hydrogens (tertiary/aromatic N) is 2.